The highest BCUT2D eigenvalue weighted by atomic mass is 32.3. The number of hydrogen-bond donors (Lipinski definition) is 36. The largest absolute Gasteiger partial charge is 0.477 e. The first-order valence-electron chi connectivity index (χ1n) is 45.8. The number of carbonyl (C=O) groups is 6. The van der Waals surface area contributed by atoms with Crippen LogP contribution in [0.5, 0.6) is 0 Å². The number of hydrogen-bond acceptors (Lipinski definition) is 59. The number of aliphatic hydroxyl groups is 29. The Labute approximate surface area is 825 Å². The number of aliphatic carboxylic acids is 1. The Balaban J connectivity index is 0.912. The summed E-state index contributed by atoms with van der Waals surface area (Å²) < 4.78 is 162. The van der Waals surface area contributed by atoms with Crippen molar-refractivity contribution in [3.05, 3.63) is 0 Å². The first kappa shape index (κ1) is 121. The second kappa shape index (κ2) is 51.8. The summed E-state index contributed by atoms with van der Waals surface area (Å²) >= 11 is 0. The zero-order valence-corrected chi connectivity index (χ0v) is 78.9. The Kier molecular flexibility index (Phi) is 42.9. The van der Waals surface area contributed by atoms with Crippen LogP contribution in [0.15, 0.2) is 0 Å². The van der Waals surface area contributed by atoms with Gasteiger partial charge in [0.15, 0.2) is 62.9 Å². The molecule has 0 aromatic rings. The van der Waals surface area contributed by atoms with Crippen molar-refractivity contribution < 1.29 is 299 Å². The molecule has 11 fully saturated rings. The Hall–Kier alpha value is -5.31. The normalized spacial score (nSPS) is 47.2. The molecule has 36 N–H and O–H groups in total. The van der Waals surface area contributed by atoms with Crippen LogP contribution in [0, 0.1) is 0 Å². The van der Waals surface area contributed by atoms with E-state index in [2.05, 4.69) is 30.8 Å². The third kappa shape index (κ3) is 27.4. The molecule has 0 bridgehead atoms. The number of ether oxygens (including phenoxy) is 21. The second-order valence-corrected chi connectivity index (χ2v) is 37.5. The van der Waals surface area contributed by atoms with Crippen LogP contribution in [0.1, 0.15) is 48.0 Å². The number of carbonyl (C=O) groups excluding carboxylic acids is 5. The molecular formula is C79H131N5O61S. The highest BCUT2D eigenvalue weighted by molar-refractivity contribution is 7.80. The molecule has 0 aromatic heterocycles. The van der Waals surface area contributed by atoms with E-state index in [-0.39, 0.29) is 0 Å². The van der Waals surface area contributed by atoms with Crippen molar-refractivity contribution in [2.75, 3.05) is 66.1 Å². The maximum Gasteiger partial charge on any atom is 0.397 e. The van der Waals surface area contributed by atoms with E-state index in [0.29, 0.717) is 0 Å². The van der Waals surface area contributed by atoms with Crippen LogP contribution in [-0.4, -0.2) is 611 Å². The average Bonchev–Trinajstić information content (AvgIpc) is 0.773. The minimum absolute atomic E-state index is 0.836. The lowest BCUT2D eigenvalue weighted by Gasteiger charge is -2.51. The monoisotopic (exact) mass is 2160 g/mol. The predicted molar refractivity (Wildman–Crippen MR) is 447 cm³/mol. The number of amides is 5. The first-order valence-corrected chi connectivity index (χ1v) is 47.2. The summed E-state index contributed by atoms with van der Waals surface area (Å²) in [5.41, 5.74) is 0. The quantitative estimate of drug-likeness (QED) is 0.0253. The molecule has 0 spiro atoms. The van der Waals surface area contributed by atoms with Crippen LogP contribution in [0.3, 0.4) is 0 Å². The van der Waals surface area contributed by atoms with Gasteiger partial charge in [0.25, 0.3) is 5.79 Å². The molecule has 56 atom stereocenters. The fourth-order valence-electron chi connectivity index (χ4n) is 18.5. The number of carboxylic acid groups (broad SMARTS) is 1. The molecule has 146 heavy (non-hydrogen) atoms. The van der Waals surface area contributed by atoms with Gasteiger partial charge in [0, 0.05) is 41.0 Å². The van der Waals surface area contributed by atoms with Crippen molar-refractivity contribution in [3.63, 3.8) is 0 Å². The van der Waals surface area contributed by atoms with Gasteiger partial charge in [0.2, 0.25) is 29.5 Å². The lowest BCUT2D eigenvalue weighted by atomic mass is 9.88. The third-order valence-electron chi connectivity index (χ3n) is 26.1. The van der Waals surface area contributed by atoms with E-state index in [0.717, 1.165) is 34.6 Å². The van der Waals surface area contributed by atoms with E-state index < -0.39 is 461 Å². The zero-order chi connectivity index (χ0) is 108. The molecule has 0 radical (unpaired) electrons. The Bertz CT molecular complexity index is 4300. The molecule has 11 rings (SSSR count). The van der Waals surface area contributed by atoms with Gasteiger partial charge in [-0.15, -0.1) is 0 Å². The molecule has 0 aromatic carbocycles. The van der Waals surface area contributed by atoms with E-state index in [1.54, 1.807) is 0 Å². The van der Waals surface area contributed by atoms with Crippen LogP contribution in [0.2, 0.25) is 0 Å². The van der Waals surface area contributed by atoms with Crippen LogP contribution < -0.4 is 26.6 Å². The molecule has 67 heteroatoms. The number of rotatable bonds is 40. The van der Waals surface area contributed by atoms with Crippen molar-refractivity contribution in [2.24, 2.45) is 0 Å². The fraction of sp³-hybridized carbons (Fsp3) is 0.924. The standard InChI is InChI=1S/C79H131N5O61S/c1-18-40(99)51(110)55(114)72(127-18)124-16-34-62(47(106)36(68(118)128-34)81-20(3)93)137-69-37(82-21(4)94)48(107)60(30(13-90)132-69)139-74-57(116)64(46(105)32(135-74)15-125-76-66(53(112)42(101)26(9-86)130-76)142-70-38(83-22(5)95)50(109)61(31(14-91)133-70)140-75-58(117)65(145-146(121,122)123)45(104)28(11-88)129-75)141-77-67(54(113)43(102)27(10-87)131-77)143-71-39(84-23(6)96)49(108)59(29(12-89)134-71)138-73-56(115)52(111)44(103)33(136-73)17-126-79(78(119)120)7-24(97)35(80-19(2)92)63(144-79)41(100)25(98)8-85/h18,24-77,85-91,97-118H,7-17H2,1-6H3,(H,80,92)(H,81,93)(H,82,94)(H,83,95)(H,84,96)(H,119,120)(H,121,122,123)/t18-,24-,25+,26+,27+,28+,29+,30+,31+,32+,33+,34+,35+,36+,37+,38+,39-,40+,41+,42+,43+,44-,45-,46+,47+,48+,49+,50+,51+,52-,53-,54-,55-,56+,57-,58+,59+,60+,61+,62+,63+,64-,65-,66-,67-,68+,69-,70-,71-,72+,73-,74-,75-,76-,77+,79+/m0/s1. The van der Waals surface area contributed by atoms with Crippen LogP contribution in [-0.2, 0) is 143 Å². The SMILES string of the molecule is CC(=O)N[C@@H]1[C@H](O[C@@H]2[C@@H](O[C@@H]3[C@H](O)[C@H](O[C@H]4[C@H](O)[C@@H](NC(C)=O)[C@H](O[C@H]5[C@H](O)[C@@H](NC(C)=O)[C@H](O)O[C@@H]5CO[C@@H]5O[C@@H](C)[C@@H](O)[C@@H](O)[C@@H]5O)O[C@@H]4CO)O[C@H](CO[C@H]4O[C@H](CO)[C@@H](O)[C@H](O)[C@@H]4O[C@@H]4O[C@H](CO)[C@@H](O[C@@H]5O[C@H](CO)[C@H](O)[C@H](OS(=O)(=O)O)[C@H]5O)[C@H](O)[C@H]4NC(C)=O)[C@H]3O)O[C@H](CO)[C@@H](O)[C@@H]2O)O[C@H](CO)[C@@H](O[C@@H]2O[C@H](CO[C@]3(C(=O)O)C[C@H](O)[C@@H](NC(C)=O)[C@H]([C@H](O)[C@H](O)CO)O3)[C@H](O)[C@H](O)[C@H]2O)[C@@H]1O. The van der Waals surface area contributed by atoms with Crippen LogP contribution >= 0.6 is 0 Å². The summed E-state index contributed by atoms with van der Waals surface area (Å²) in [6, 6.07) is -9.89. The van der Waals surface area contributed by atoms with Gasteiger partial charge in [-0.1, -0.05) is 0 Å². The van der Waals surface area contributed by atoms with Gasteiger partial charge in [-0.25, -0.2) is 8.98 Å². The Morgan fingerprint density at radius 2 is 0.658 bits per heavy atom. The Morgan fingerprint density at radius 3 is 1.10 bits per heavy atom. The average molecular weight is 2160 g/mol. The lowest BCUT2D eigenvalue weighted by molar-refractivity contribution is -0.399. The maximum atomic E-state index is 13.4. The summed E-state index contributed by atoms with van der Waals surface area (Å²) in [6.45, 7) is -6.59. The van der Waals surface area contributed by atoms with Gasteiger partial charge in [0.05, 0.1) is 84.3 Å². The van der Waals surface area contributed by atoms with E-state index in [1.165, 1.54) is 6.92 Å². The van der Waals surface area contributed by atoms with Crippen LogP contribution in [0.4, 0.5) is 0 Å². The number of carboxylic acids is 1. The molecule has 0 aliphatic carbocycles. The minimum Gasteiger partial charge on any atom is -0.477 e. The van der Waals surface area contributed by atoms with Gasteiger partial charge in [-0.2, -0.15) is 8.42 Å². The van der Waals surface area contributed by atoms with E-state index in [1.807, 2.05) is 0 Å². The number of aliphatic hydroxyl groups excluding tert-OH is 29. The zero-order valence-electron chi connectivity index (χ0n) is 78.1. The fourth-order valence-corrected chi connectivity index (χ4v) is 19.0. The van der Waals surface area contributed by atoms with Crippen molar-refractivity contribution >= 4 is 45.9 Å². The van der Waals surface area contributed by atoms with Crippen LogP contribution in [0.25, 0.3) is 0 Å². The van der Waals surface area contributed by atoms with E-state index in [4.69, 9.17) is 99.5 Å². The van der Waals surface area contributed by atoms with Crippen molar-refractivity contribution in [1.29, 1.82) is 0 Å². The molecule has 11 aliphatic heterocycles. The maximum absolute atomic E-state index is 13.4. The molecule has 0 unspecified atom stereocenters. The second-order valence-electron chi connectivity index (χ2n) is 36.5. The molecular weight excluding hydrogens is 2030 g/mol. The summed E-state index contributed by atoms with van der Waals surface area (Å²) in [5, 5.41) is 350. The van der Waals surface area contributed by atoms with Crippen molar-refractivity contribution in [1.82, 2.24) is 26.6 Å². The highest BCUT2D eigenvalue weighted by Gasteiger charge is 2.64. The predicted octanol–water partition coefficient (Wildman–Crippen LogP) is -24.2. The Morgan fingerprint density at radius 1 is 0.329 bits per heavy atom. The third-order valence-corrected chi connectivity index (χ3v) is 26.6. The molecule has 66 nitrogen and oxygen atoms in total. The minimum atomic E-state index is -5.54. The molecule has 11 aliphatic rings. The van der Waals surface area contributed by atoms with Crippen molar-refractivity contribution in [2.45, 2.75) is 391 Å². The molecule has 11 saturated heterocycles. The van der Waals surface area contributed by atoms with Gasteiger partial charge in [-0.3, -0.25) is 28.5 Å². The van der Waals surface area contributed by atoms with Gasteiger partial charge in [-0.05, 0) is 6.92 Å². The molecule has 844 valence electrons. The highest BCUT2D eigenvalue weighted by Crippen LogP contribution is 2.43. The summed E-state index contributed by atoms with van der Waals surface area (Å²) in [6.07, 6.45) is -113. The summed E-state index contributed by atoms with van der Waals surface area (Å²) in [5.74, 6) is -10.2. The topological polar surface area (TPSA) is 1030 Å². The lowest BCUT2D eigenvalue weighted by Crippen LogP contribution is -2.71. The van der Waals surface area contributed by atoms with E-state index >= 15 is 0 Å². The molecule has 11 heterocycles. The molecule has 5 amide bonds. The summed E-state index contributed by atoms with van der Waals surface area (Å²) in [4.78, 5) is 77.6. The summed E-state index contributed by atoms with van der Waals surface area (Å²) in [7, 11) is -5.54. The van der Waals surface area contributed by atoms with Gasteiger partial charge in [0.1, 0.15) is 256 Å². The number of nitrogens with one attached hydrogen (secondary N) is 5. The van der Waals surface area contributed by atoms with E-state index in [9.17, 15) is 195 Å². The molecule has 0 saturated carbocycles. The first-order chi connectivity index (χ1) is 68.6. The van der Waals surface area contributed by atoms with Crippen molar-refractivity contribution in [3.8, 4) is 0 Å². The van der Waals surface area contributed by atoms with Gasteiger partial charge < -0.3 is 279 Å². The smallest absolute Gasteiger partial charge is 0.397 e. The van der Waals surface area contributed by atoms with Gasteiger partial charge >= 0.3 is 16.4 Å².